The van der Waals surface area contributed by atoms with Crippen molar-refractivity contribution in [1.29, 1.82) is 0 Å². The largest absolute Gasteiger partial charge is 0.356 e. The summed E-state index contributed by atoms with van der Waals surface area (Å²) in [6, 6.07) is 4.33. The number of amides is 1. The van der Waals surface area contributed by atoms with E-state index in [4.69, 9.17) is 0 Å². The second-order valence-electron chi connectivity index (χ2n) is 7.93. The van der Waals surface area contributed by atoms with Crippen molar-refractivity contribution >= 4 is 23.2 Å². The molecule has 2 rings (SSSR count). The monoisotopic (exact) mass is 379 g/mol. The highest BCUT2D eigenvalue weighted by atomic mass is 32.1. The van der Waals surface area contributed by atoms with Crippen molar-refractivity contribution < 1.29 is 4.79 Å². The quantitative estimate of drug-likeness (QED) is 0.523. The van der Waals surface area contributed by atoms with Gasteiger partial charge < -0.3 is 16.0 Å². The van der Waals surface area contributed by atoms with E-state index in [9.17, 15) is 4.79 Å². The smallest absolute Gasteiger partial charge is 0.239 e. The molecule has 0 aromatic carbocycles. The third-order valence-electron chi connectivity index (χ3n) is 4.28. The number of rotatable bonds is 6. The van der Waals surface area contributed by atoms with E-state index in [0.717, 1.165) is 19.6 Å². The maximum Gasteiger partial charge on any atom is 0.239 e. The van der Waals surface area contributed by atoms with Crippen molar-refractivity contribution in [2.24, 2.45) is 10.9 Å². The molecule has 0 saturated carbocycles. The van der Waals surface area contributed by atoms with Gasteiger partial charge in [-0.25, -0.2) is 0 Å². The molecule has 26 heavy (non-hydrogen) atoms. The lowest BCUT2D eigenvalue weighted by atomic mass is 9.98. The minimum atomic E-state index is -0.218. The van der Waals surface area contributed by atoms with Crippen molar-refractivity contribution in [2.75, 3.05) is 33.2 Å². The molecular weight excluding hydrogens is 346 g/mol. The maximum absolute atomic E-state index is 11.9. The summed E-state index contributed by atoms with van der Waals surface area (Å²) in [4.78, 5) is 20.1. The molecule has 1 unspecified atom stereocenters. The number of piperidine rings is 1. The number of hydrogen-bond acceptors (Lipinski definition) is 4. The van der Waals surface area contributed by atoms with Crippen LogP contribution in [0.25, 0.3) is 0 Å². The van der Waals surface area contributed by atoms with Gasteiger partial charge in [0, 0.05) is 37.1 Å². The first kappa shape index (κ1) is 20.7. The summed E-state index contributed by atoms with van der Waals surface area (Å²) in [5.41, 5.74) is -0.218. The van der Waals surface area contributed by atoms with Crippen molar-refractivity contribution in [2.45, 2.75) is 45.7 Å². The Morgan fingerprint density at radius 1 is 1.38 bits per heavy atom. The maximum atomic E-state index is 11.9. The fourth-order valence-corrected chi connectivity index (χ4v) is 3.92. The van der Waals surface area contributed by atoms with E-state index in [0.29, 0.717) is 11.9 Å². The molecule has 0 aliphatic carbocycles. The highest BCUT2D eigenvalue weighted by Gasteiger charge is 2.20. The van der Waals surface area contributed by atoms with E-state index in [1.165, 1.54) is 24.3 Å². The SMILES string of the molecule is CN=C(NCC(=O)NC(C)(C)C)NCC1CCCN(Cc2cccs2)C1. The summed E-state index contributed by atoms with van der Waals surface area (Å²) in [6.07, 6.45) is 2.47. The van der Waals surface area contributed by atoms with Gasteiger partial charge in [-0.3, -0.25) is 14.7 Å². The molecular formula is C19H33N5OS. The second kappa shape index (κ2) is 9.92. The number of guanidine groups is 1. The molecule has 0 spiro atoms. The van der Waals surface area contributed by atoms with Gasteiger partial charge in [0.05, 0.1) is 6.54 Å². The number of carbonyl (C=O) groups excluding carboxylic acids is 1. The van der Waals surface area contributed by atoms with Gasteiger partial charge >= 0.3 is 0 Å². The molecule has 7 heteroatoms. The van der Waals surface area contributed by atoms with Crippen LogP contribution in [0.3, 0.4) is 0 Å². The van der Waals surface area contributed by atoms with Crippen LogP contribution in [0.5, 0.6) is 0 Å². The average molecular weight is 380 g/mol. The topological polar surface area (TPSA) is 68.8 Å². The van der Waals surface area contributed by atoms with Crippen LogP contribution >= 0.6 is 11.3 Å². The Bertz CT molecular complexity index is 579. The Morgan fingerprint density at radius 2 is 2.19 bits per heavy atom. The predicted octanol–water partition coefficient (Wildman–Crippen LogP) is 2.04. The molecule has 0 bridgehead atoms. The zero-order chi connectivity index (χ0) is 19.0. The van der Waals surface area contributed by atoms with Gasteiger partial charge in [-0.1, -0.05) is 6.07 Å². The number of likely N-dealkylation sites (tertiary alicyclic amines) is 1. The van der Waals surface area contributed by atoms with Gasteiger partial charge in [-0.2, -0.15) is 0 Å². The number of hydrogen-bond donors (Lipinski definition) is 3. The van der Waals surface area contributed by atoms with Crippen LogP contribution in [0.15, 0.2) is 22.5 Å². The summed E-state index contributed by atoms with van der Waals surface area (Å²) in [7, 11) is 1.74. The fourth-order valence-electron chi connectivity index (χ4n) is 3.17. The highest BCUT2D eigenvalue weighted by Crippen LogP contribution is 2.19. The zero-order valence-electron chi connectivity index (χ0n) is 16.5. The molecule has 6 nitrogen and oxygen atoms in total. The normalized spacial score (nSPS) is 19.2. The zero-order valence-corrected chi connectivity index (χ0v) is 17.3. The van der Waals surface area contributed by atoms with Crippen LogP contribution < -0.4 is 16.0 Å². The number of nitrogens with one attached hydrogen (secondary N) is 3. The van der Waals surface area contributed by atoms with Crippen molar-refractivity contribution in [1.82, 2.24) is 20.9 Å². The first-order valence-electron chi connectivity index (χ1n) is 9.36. The Kier molecular flexibility index (Phi) is 7.90. The number of carbonyl (C=O) groups is 1. The van der Waals surface area contributed by atoms with E-state index >= 15 is 0 Å². The molecule has 146 valence electrons. The van der Waals surface area contributed by atoms with Crippen LogP contribution in [-0.2, 0) is 11.3 Å². The van der Waals surface area contributed by atoms with E-state index in [-0.39, 0.29) is 18.0 Å². The van der Waals surface area contributed by atoms with E-state index in [1.54, 1.807) is 7.05 Å². The molecule has 2 heterocycles. The van der Waals surface area contributed by atoms with Crippen molar-refractivity contribution in [3.8, 4) is 0 Å². The number of aliphatic imine (C=N–C) groups is 1. The van der Waals surface area contributed by atoms with Gasteiger partial charge in [0.15, 0.2) is 5.96 Å². The van der Waals surface area contributed by atoms with Crippen molar-refractivity contribution in [3.05, 3.63) is 22.4 Å². The second-order valence-corrected chi connectivity index (χ2v) is 8.96. The molecule has 0 radical (unpaired) electrons. The van der Waals surface area contributed by atoms with Gasteiger partial charge in [0.2, 0.25) is 5.91 Å². The Morgan fingerprint density at radius 3 is 2.85 bits per heavy atom. The number of thiophene rings is 1. The number of nitrogens with zero attached hydrogens (tertiary/aromatic N) is 2. The molecule has 1 fully saturated rings. The van der Waals surface area contributed by atoms with E-state index in [1.807, 2.05) is 32.1 Å². The summed E-state index contributed by atoms with van der Waals surface area (Å²) >= 11 is 1.83. The first-order valence-corrected chi connectivity index (χ1v) is 10.2. The molecule has 1 aromatic rings. The van der Waals surface area contributed by atoms with E-state index < -0.39 is 0 Å². The lowest BCUT2D eigenvalue weighted by molar-refractivity contribution is -0.121. The summed E-state index contributed by atoms with van der Waals surface area (Å²) in [5.74, 6) is 1.26. The Hall–Kier alpha value is -1.60. The van der Waals surface area contributed by atoms with Crippen LogP contribution in [0, 0.1) is 5.92 Å². The fraction of sp³-hybridized carbons (Fsp3) is 0.684. The summed E-state index contributed by atoms with van der Waals surface area (Å²) in [5, 5.41) is 11.5. The molecule has 1 aromatic heterocycles. The average Bonchev–Trinajstić information content (AvgIpc) is 3.07. The molecule has 1 aliphatic rings. The van der Waals surface area contributed by atoms with Gasteiger partial charge in [0.1, 0.15) is 0 Å². The summed E-state index contributed by atoms with van der Waals surface area (Å²) < 4.78 is 0. The molecule has 1 amide bonds. The first-order chi connectivity index (χ1) is 12.4. The molecule has 1 saturated heterocycles. The van der Waals surface area contributed by atoms with Gasteiger partial charge in [0.25, 0.3) is 0 Å². The van der Waals surface area contributed by atoms with Crippen LogP contribution in [0.4, 0.5) is 0 Å². The summed E-state index contributed by atoms with van der Waals surface area (Å²) in [6.45, 7) is 10.4. The van der Waals surface area contributed by atoms with Gasteiger partial charge in [-0.05, 0) is 57.5 Å². The minimum Gasteiger partial charge on any atom is -0.356 e. The molecule has 3 N–H and O–H groups in total. The van der Waals surface area contributed by atoms with E-state index in [2.05, 4.69) is 43.4 Å². The lowest BCUT2D eigenvalue weighted by Crippen LogP contribution is -2.49. The highest BCUT2D eigenvalue weighted by molar-refractivity contribution is 7.09. The minimum absolute atomic E-state index is 0.0276. The molecule has 1 aliphatic heterocycles. The van der Waals surface area contributed by atoms with Crippen LogP contribution in [0.1, 0.15) is 38.5 Å². The third kappa shape index (κ3) is 7.74. The van der Waals surface area contributed by atoms with Crippen LogP contribution in [0.2, 0.25) is 0 Å². The standard InChI is InChI=1S/C19H33N5OS/c1-19(2,3)23-17(25)12-22-18(20-4)21-11-15-7-5-9-24(13-15)14-16-8-6-10-26-16/h6,8,10,15H,5,7,9,11-14H2,1-4H3,(H,23,25)(H2,20,21,22). The Balaban J connectivity index is 1.71. The third-order valence-corrected chi connectivity index (χ3v) is 5.14. The van der Waals surface area contributed by atoms with Crippen LogP contribution in [-0.4, -0.2) is 55.5 Å². The predicted molar refractivity (Wildman–Crippen MR) is 110 cm³/mol. The van der Waals surface area contributed by atoms with Gasteiger partial charge in [-0.15, -0.1) is 11.3 Å². The Labute approximate surface area is 161 Å². The molecule has 1 atom stereocenters. The lowest BCUT2D eigenvalue weighted by Gasteiger charge is -2.32. The van der Waals surface area contributed by atoms with Crippen molar-refractivity contribution in [3.63, 3.8) is 0 Å².